The summed E-state index contributed by atoms with van der Waals surface area (Å²) >= 11 is 6.16. The molecule has 0 aromatic carbocycles. The van der Waals surface area contributed by atoms with Crippen LogP contribution in [0.1, 0.15) is 37.7 Å². The Hall–Kier alpha value is -0.760. The Morgan fingerprint density at radius 3 is 2.75 bits per heavy atom. The van der Waals surface area contributed by atoms with Gasteiger partial charge in [-0.05, 0) is 31.4 Å². The van der Waals surface area contributed by atoms with Crippen LogP contribution in [0.2, 0.25) is 0 Å². The van der Waals surface area contributed by atoms with Gasteiger partial charge >= 0.3 is 0 Å². The van der Waals surface area contributed by atoms with Crippen molar-refractivity contribution < 1.29 is 0 Å². The van der Waals surface area contributed by atoms with Crippen LogP contribution in [0.25, 0.3) is 0 Å². The number of hydrogen-bond acceptors (Lipinski definition) is 2. The van der Waals surface area contributed by atoms with Crippen LogP contribution in [0.5, 0.6) is 0 Å². The molecule has 1 fully saturated rings. The molecule has 2 rings (SSSR count). The topological polar surface area (TPSA) is 24.9 Å². The van der Waals surface area contributed by atoms with Crippen LogP contribution in [0.15, 0.2) is 18.5 Å². The zero-order valence-corrected chi connectivity index (χ0v) is 10.6. The molecule has 0 bridgehead atoms. The van der Waals surface area contributed by atoms with E-state index in [1.165, 1.54) is 43.4 Å². The molecular weight excluding hydrogens is 220 g/mol. The van der Waals surface area contributed by atoms with Crippen molar-refractivity contribution in [3.8, 4) is 0 Å². The highest BCUT2D eigenvalue weighted by atomic mass is 35.5. The number of alkyl halides is 1. The molecule has 3 heteroatoms. The van der Waals surface area contributed by atoms with Crippen molar-refractivity contribution >= 4 is 17.3 Å². The Bertz CT molecular complexity index is 346. The van der Waals surface area contributed by atoms with Gasteiger partial charge in [-0.3, -0.25) is 4.98 Å². The molecule has 1 heterocycles. The number of nitrogens with one attached hydrogen (secondary N) is 1. The van der Waals surface area contributed by atoms with Gasteiger partial charge in [0.2, 0.25) is 0 Å². The third kappa shape index (κ3) is 2.49. The lowest BCUT2D eigenvalue weighted by molar-refractivity contribution is 0.353. The van der Waals surface area contributed by atoms with Crippen molar-refractivity contribution in [1.29, 1.82) is 0 Å². The number of hydrogen-bond donors (Lipinski definition) is 1. The molecule has 0 unspecified atom stereocenters. The van der Waals surface area contributed by atoms with Gasteiger partial charge in [0.05, 0.1) is 5.54 Å². The molecule has 88 valence electrons. The average Bonchev–Trinajstić information content (AvgIpc) is 2.33. The molecular formula is C13H19ClN2. The number of pyridine rings is 1. The normalized spacial score (nSPS) is 19.4. The highest BCUT2D eigenvalue weighted by Crippen LogP contribution is 2.33. The maximum atomic E-state index is 6.16. The first kappa shape index (κ1) is 11.7. The van der Waals surface area contributed by atoms with E-state index in [-0.39, 0.29) is 5.54 Å². The molecule has 1 aromatic heterocycles. The largest absolute Gasteiger partial charge is 0.378 e. The second-order valence-corrected chi connectivity index (χ2v) is 5.06. The summed E-state index contributed by atoms with van der Waals surface area (Å²) in [7, 11) is 0. The second-order valence-electron chi connectivity index (χ2n) is 4.79. The van der Waals surface area contributed by atoms with Crippen LogP contribution in [0, 0.1) is 6.92 Å². The number of nitrogens with zero attached hydrogens (tertiary/aromatic N) is 1. The van der Waals surface area contributed by atoms with Crippen LogP contribution in [-0.2, 0) is 0 Å². The van der Waals surface area contributed by atoms with Crippen molar-refractivity contribution in [2.45, 2.75) is 44.6 Å². The third-order valence-electron chi connectivity index (χ3n) is 3.49. The van der Waals surface area contributed by atoms with Crippen LogP contribution in [0.4, 0.5) is 5.69 Å². The summed E-state index contributed by atoms with van der Waals surface area (Å²) in [5.74, 6) is 0.689. The van der Waals surface area contributed by atoms with E-state index in [0.717, 1.165) is 0 Å². The Balaban J connectivity index is 2.15. The van der Waals surface area contributed by atoms with E-state index < -0.39 is 0 Å². The van der Waals surface area contributed by atoms with E-state index in [1.54, 1.807) is 0 Å². The van der Waals surface area contributed by atoms with Gasteiger partial charge in [0.1, 0.15) is 0 Å². The van der Waals surface area contributed by atoms with Gasteiger partial charge in [-0.15, -0.1) is 11.6 Å². The quantitative estimate of drug-likeness (QED) is 0.812. The molecule has 1 N–H and O–H groups in total. The fourth-order valence-electron chi connectivity index (χ4n) is 2.42. The van der Waals surface area contributed by atoms with Gasteiger partial charge in [-0.1, -0.05) is 19.3 Å². The number of aromatic nitrogens is 1. The zero-order valence-electron chi connectivity index (χ0n) is 9.80. The Labute approximate surface area is 102 Å². The molecule has 0 spiro atoms. The monoisotopic (exact) mass is 238 g/mol. The minimum Gasteiger partial charge on any atom is -0.378 e. The number of rotatable bonds is 3. The van der Waals surface area contributed by atoms with Crippen LogP contribution >= 0.6 is 11.6 Å². The first-order valence-corrected chi connectivity index (χ1v) is 6.54. The Morgan fingerprint density at radius 2 is 2.12 bits per heavy atom. The van der Waals surface area contributed by atoms with E-state index in [2.05, 4.69) is 17.2 Å². The fourth-order valence-corrected chi connectivity index (χ4v) is 2.75. The number of anilines is 1. The summed E-state index contributed by atoms with van der Waals surface area (Å²) in [4.78, 5) is 4.11. The molecule has 0 radical (unpaired) electrons. The molecule has 0 atom stereocenters. The van der Waals surface area contributed by atoms with Crippen molar-refractivity contribution in [2.24, 2.45) is 0 Å². The summed E-state index contributed by atoms with van der Waals surface area (Å²) in [6, 6.07) is 2.04. The highest BCUT2D eigenvalue weighted by molar-refractivity contribution is 6.18. The van der Waals surface area contributed by atoms with Crippen molar-refractivity contribution in [3.05, 3.63) is 24.0 Å². The third-order valence-corrected chi connectivity index (χ3v) is 4.00. The molecule has 1 aliphatic carbocycles. The van der Waals surface area contributed by atoms with E-state index >= 15 is 0 Å². The first-order valence-electron chi connectivity index (χ1n) is 6.01. The van der Waals surface area contributed by atoms with Gasteiger partial charge in [0, 0.05) is 24.0 Å². The fraction of sp³-hybridized carbons (Fsp3) is 0.615. The lowest BCUT2D eigenvalue weighted by atomic mass is 9.83. The minimum atomic E-state index is 0.103. The summed E-state index contributed by atoms with van der Waals surface area (Å²) < 4.78 is 0. The van der Waals surface area contributed by atoms with E-state index in [0.29, 0.717) is 5.88 Å². The van der Waals surface area contributed by atoms with Crippen LogP contribution in [0.3, 0.4) is 0 Å². The molecule has 0 aliphatic heterocycles. The average molecular weight is 239 g/mol. The van der Waals surface area contributed by atoms with Gasteiger partial charge in [0.25, 0.3) is 0 Å². The van der Waals surface area contributed by atoms with Crippen molar-refractivity contribution in [3.63, 3.8) is 0 Å². The maximum Gasteiger partial charge on any atom is 0.0508 e. The molecule has 1 aliphatic rings. The van der Waals surface area contributed by atoms with Gasteiger partial charge in [0.15, 0.2) is 0 Å². The SMILES string of the molecule is Cc1cnccc1NC1(CCl)CCCCC1. The lowest BCUT2D eigenvalue weighted by Gasteiger charge is -2.37. The molecule has 0 amide bonds. The summed E-state index contributed by atoms with van der Waals surface area (Å²) in [5, 5.41) is 3.64. The van der Waals surface area contributed by atoms with Gasteiger partial charge < -0.3 is 5.32 Å². The summed E-state index contributed by atoms with van der Waals surface area (Å²) in [6.07, 6.45) is 9.99. The Kier molecular flexibility index (Phi) is 3.70. The predicted octanol–water partition coefficient (Wildman–Crippen LogP) is 3.74. The van der Waals surface area contributed by atoms with Crippen LogP contribution in [-0.4, -0.2) is 16.4 Å². The molecule has 16 heavy (non-hydrogen) atoms. The first-order chi connectivity index (χ1) is 7.76. The van der Waals surface area contributed by atoms with Crippen molar-refractivity contribution in [2.75, 3.05) is 11.2 Å². The van der Waals surface area contributed by atoms with E-state index in [9.17, 15) is 0 Å². The zero-order chi connectivity index (χ0) is 11.4. The molecule has 1 aromatic rings. The van der Waals surface area contributed by atoms with E-state index in [1.807, 2.05) is 18.5 Å². The van der Waals surface area contributed by atoms with Crippen molar-refractivity contribution in [1.82, 2.24) is 4.98 Å². The highest BCUT2D eigenvalue weighted by Gasteiger charge is 2.31. The lowest BCUT2D eigenvalue weighted by Crippen LogP contribution is -2.42. The Morgan fingerprint density at radius 1 is 1.38 bits per heavy atom. The van der Waals surface area contributed by atoms with E-state index in [4.69, 9.17) is 11.6 Å². The van der Waals surface area contributed by atoms with Crippen LogP contribution < -0.4 is 5.32 Å². The minimum absolute atomic E-state index is 0.103. The summed E-state index contributed by atoms with van der Waals surface area (Å²) in [6.45, 7) is 2.08. The smallest absolute Gasteiger partial charge is 0.0508 e. The maximum absolute atomic E-state index is 6.16. The second kappa shape index (κ2) is 5.05. The molecule has 1 saturated carbocycles. The molecule has 2 nitrogen and oxygen atoms in total. The number of halogens is 1. The predicted molar refractivity (Wildman–Crippen MR) is 69.1 cm³/mol. The number of aryl methyl sites for hydroxylation is 1. The van der Waals surface area contributed by atoms with Gasteiger partial charge in [-0.2, -0.15) is 0 Å². The molecule has 0 saturated heterocycles. The standard InChI is InChI=1S/C13H19ClN2/c1-11-9-15-8-5-12(11)16-13(10-14)6-3-2-4-7-13/h5,8-9H,2-4,6-7,10H2,1H3,(H,15,16). The summed E-state index contributed by atoms with van der Waals surface area (Å²) in [5.41, 5.74) is 2.47. The van der Waals surface area contributed by atoms with Gasteiger partial charge in [-0.25, -0.2) is 0 Å².